The largest absolute Gasteiger partial charge is 0.348 e. The highest BCUT2D eigenvalue weighted by atomic mass is 16.1. The van der Waals surface area contributed by atoms with Gasteiger partial charge in [-0.2, -0.15) is 5.10 Å². The molecule has 6 nitrogen and oxygen atoms in total. The van der Waals surface area contributed by atoms with Crippen LogP contribution in [0.2, 0.25) is 0 Å². The molecule has 1 unspecified atom stereocenters. The number of amides is 1. The molecular formula is C15H19N5O. The number of nitrogens with zero attached hydrogens (tertiary/aromatic N) is 3. The number of aromatic nitrogens is 3. The fourth-order valence-electron chi connectivity index (χ4n) is 2.48. The SMILES string of the molecule is NCC(NC(=O)c1ccccc1Cn1cncn1)C1CC1. The third-order valence-corrected chi connectivity index (χ3v) is 3.82. The Bertz CT molecular complexity index is 606. The van der Waals surface area contributed by atoms with Crippen LogP contribution in [0.25, 0.3) is 0 Å². The van der Waals surface area contributed by atoms with Gasteiger partial charge in [0.2, 0.25) is 0 Å². The van der Waals surface area contributed by atoms with Gasteiger partial charge >= 0.3 is 0 Å². The Labute approximate surface area is 123 Å². The van der Waals surface area contributed by atoms with Crippen LogP contribution in [0.5, 0.6) is 0 Å². The molecule has 0 spiro atoms. The van der Waals surface area contributed by atoms with Crippen molar-refractivity contribution in [3.63, 3.8) is 0 Å². The molecule has 21 heavy (non-hydrogen) atoms. The van der Waals surface area contributed by atoms with Gasteiger partial charge in [0.15, 0.2) is 0 Å². The van der Waals surface area contributed by atoms with E-state index in [0.717, 1.165) is 18.4 Å². The van der Waals surface area contributed by atoms with Gasteiger partial charge in [-0.25, -0.2) is 9.67 Å². The zero-order valence-corrected chi connectivity index (χ0v) is 11.8. The Balaban J connectivity index is 1.75. The van der Waals surface area contributed by atoms with E-state index in [1.165, 1.54) is 6.33 Å². The molecule has 1 aromatic heterocycles. The van der Waals surface area contributed by atoms with Crippen LogP contribution in [0.4, 0.5) is 0 Å². The first-order valence-electron chi connectivity index (χ1n) is 7.19. The molecule has 0 saturated heterocycles. The van der Waals surface area contributed by atoms with Crippen molar-refractivity contribution >= 4 is 5.91 Å². The van der Waals surface area contributed by atoms with Crippen molar-refractivity contribution in [2.24, 2.45) is 11.7 Å². The summed E-state index contributed by atoms with van der Waals surface area (Å²) in [6.07, 6.45) is 5.44. The molecule has 1 atom stereocenters. The molecular weight excluding hydrogens is 266 g/mol. The molecule has 3 rings (SSSR count). The number of rotatable bonds is 6. The maximum absolute atomic E-state index is 12.5. The second kappa shape index (κ2) is 6.05. The zero-order chi connectivity index (χ0) is 14.7. The predicted octanol–water partition coefficient (Wildman–Crippen LogP) is 0.793. The van der Waals surface area contributed by atoms with Crippen LogP contribution in [-0.4, -0.2) is 33.3 Å². The van der Waals surface area contributed by atoms with Crippen LogP contribution in [0.15, 0.2) is 36.9 Å². The van der Waals surface area contributed by atoms with E-state index in [1.54, 1.807) is 11.0 Å². The molecule has 1 aliphatic rings. The molecule has 1 saturated carbocycles. The van der Waals surface area contributed by atoms with Crippen LogP contribution in [0, 0.1) is 5.92 Å². The van der Waals surface area contributed by atoms with Gasteiger partial charge in [0, 0.05) is 18.2 Å². The summed E-state index contributed by atoms with van der Waals surface area (Å²) in [6, 6.07) is 7.64. The second-order valence-electron chi connectivity index (χ2n) is 5.40. The number of carbonyl (C=O) groups is 1. The topological polar surface area (TPSA) is 85.8 Å². The second-order valence-corrected chi connectivity index (χ2v) is 5.40. The zero-order valence-electron chi connectivity index (χ0n) is 11.8. The van der Waals surface area contributed by atoms with Gasteiger partial charge in [-0.05, 0) is 30.4 Å². The minimum Gasteiger partial charge on any atom is -0.348 e. The summed E-state index contributed by atoms with van der Waals surface area (Å²) in [7, 11) is 0. The normalized spacial score (nSPS) is 15.7. The highest BCUT2D eigenvalue weighted by Gasteiger charge is 2.31. The Morgan fingerprint density at radius 3 is 2.90 bits per heavy atom. The van der Waals surface area contributed by atoms with Crippen molar-refractivity contribution in [3.8, 4) is 0 Å². The fraction of sp³-hybridized carbons (Fsp3) is 0.400. The molecule has 110 valence electrons. The van der Waals surface area contributed by atoms with E-state index in [1.807, 2.05) is 24.3 Å². The minimum atomic E-state index is -0.0620. The average Bonchev–Trinajstić information content (AvgIpc) is 3.23. The van der Waals surface area contributed by atoms with Gasteiger partial charge < -0.3 is 11.1 Å². The Morgan fingerprint density at radius 2 is 2.24 bits per heavy atom. The number of nitrogens with one attached hydrogen (secondary N) is 1. The summed E-state index contributed by atoms with van der Waals surface area (Å²) in [5.41, 5.74) is 7.35. The minimum absolute atomic E-state index is 0.0620. The lowest BCUT2D eigenvalue weighted by molar-refractivity contribution is 0.0932. The molecule has 1 amide bonds. The number of hydrogen-bond acceptors (Lipinski definition) is 4. The first-order valence-corrected chi connectivity index (χ1v) is 7.19. The molecule has 3 N–H and O–H groups in total. The van der Waals surface area contributed by atoms with Crippen LogP contribution < -0.4 is 11.1 Å². The summed E-state index contributed by atoms with van der Waals surface area (Å²) >= 11 is 0. The standard InChI is InChI=1S/C15H19N5O/c16-7-14(11-5-6-11)19-15(21)13-4-2-1-3-12(13)8-20-10-17-9-18-20/h1-4,9-11,14H,5-8,16H2,(H,19,21). The lowest BCUT2D eigenvalue weighted by Gasteiger charge is -2.17. The molecule has 1 heterocycles. The Kier molecular flexibility index (Phi) is 3.96. The maximum atomic E-state index is 12.5. The van der Waals surface area contributed by atoms with Crippen molar-refractivity contribution in [1.82, 2.24) is 20.1 Å². The lowest BCUT2D eigenvalue weighted by atomic mass is 10.1. The van der Waals surface area contributed by atoms with Crippen LogP contribution in [-0.2, 0) is 6.54 Å². The van der Waals surface area contributed by atoms with Crippen molar-refractivity contribution in [2.45, 2.75) is 25.4 Å². The molecule has 6 heteroatoms. The smallest absolute Gasteiger partial charge is 0.251 e. The summed E-state index contributed by atoms with van der Waals surface area (Å²) < 4.78 is 1.70. The fourth-order valence-corrected chi connectivity index (χ4v) is 2.48. The van der Waals surface area contributed by atoms with E-state index in [4.69, 9.17) is 5.73 Å². The first-order chi connectivity index (χ1) is 10.3. The molecule has 2 aromatic rings. The molecule has 1 aromatic carbocycles. The van der Waals surface area contributed by atoms with Crippen LogP contribution in [0.3, 0.4) is 0 Å². The van der Waals surface area contributed by atoms with Gasteiger partial charge in [0.05, 0.1) is 6.54 Å². The number of nitrogens with two attached hydrogens (primary N) is 1. The summed E-state index contributed by atoms with van der Waals surface area (Å²) in [5, 5.41) is 7.14. The number of carbonyl (C=O) groups excluding carboxylic acids is 1. The molecule has 0 aliphatic heterocycles. The third kappa shape index (κ3) is 3.28. The summed E-state index contributed by atoms with van der Waals surface area (Å²) in [4.78, 5) is 16.4. The number of hydrogen-bond donors (Lipinski definition) is 2. The van der Waals surface area contributed by atoms with E-state index in [2.05, 4.69) is 15.4 Å². The van der Waals surface area contributed by atoms with Crippen molar-refractivity contribution < 1.29 is 4.79 Å². The van der Waals surface area contributed by atoms with E-state index in [9.17, 15) is 4.79 Å². The van der Waals surface area contributed by atoms with Crippen molar-refractivity contribution in [3.05, 3.63) is 48.0 Å². The third-order valence-electron chi connectivity index (χ3n) is 3.82. The maximum Gasteiger partial charge on any atom is 0.251 e. The van der Waals surface area contributed by atoms with E-state index in [-0.39, 0.29) is 11.9 Å². The molecule has 0 bridgehead atoms. The van der Waals surface area contributed by atoms with Gasteiger partial charge in [-0.3, -0.25) is 4.79 Å². The molecule has 1 fully saturated rings. The van der Waals surface area contributed by atoms with Gasteiger partial charge in [0.25, 0.3) is 5.91 Å². The van der Waals surface area contributed by atoms with Crippen molar-refractivity contribution in [2.75, 3.05) is 6.54 Å². The summed E-state index contributed by atoms with van der Waals surface area (Å²) in [6.45, 7) is 1.02. The highest BCUT2D eigenvalue weighted by Crippen LogP contribution is 2.32. The highest BCUT2D eigenvalue weighted by molar-refractivity contribution is 5.95. The predicted molar refractivity (Wildman–Crippen MR) is 78.6 cm³/mol. The number of benzene rings is 1. The van der Waals surface area contributed by atoms with Gasteiger partial charge in [-0.15, -0.1) is 0 Å². The quantitative estimate of drug-likeness (QED) is 0.821. The van der Waals surface area contributed by atoms with E-state index in [0.29, 0.717) is 24.6 Å². The van der Waals surface area contributed by atoms with E-state index >= 15 is 0 Å². The lowest BCUT2D eigenvalue weighted by Crippen LogP contribution is -2.42. The average molecular weight is 285 g/mol. The first kappa shape index (κ1) is 13.8. The van der Waals surface area contributed by atoms with Gasteiger partial charge in [-0.1, -0.05) is 18.2 Å². The van der Waals surface area contributed by atoms with Crippen LogP contribution in [0.1, 0.15) is 28.8 Å². The van der Waals surface area contributed by atoms with E-state index < -0.39 is 0 Å². The summed E-state index contributed by atoms with van der Waals surface area (Å²) in [5.74, 6) is 0.481. The Hall–Kier alpha value is -2.21. The Morgan fingerprint density at radius 1 is 1.43 bits per heavy atom. The monoisotopic (exact) mass is 285 g/mol. The van der Waals surface area contributed by atoms with Gasteiger partial charge in [0.1, 0.15) is 12.7 Å². The van der Waals surface area contributed by atoms with Crippen LogP contribution >= 0.6 is 0 Å². The molecule has 0 radical (unpaired) electrons. The molecule has 1 aliphatic carbocycles. The van der Waals surface area contributed by atoms with Crippen molar-refractivity contribution in [1.29, 1.82) is 0 Å².